The average Bonchev–Trinajstić information content (AvgIpc) is 3.73. The number of rotatable bonds is 6. The first-order valence-corrected chi connectivity index (χ1v) is 16.8. The smallest absolute Gasteiger partial charge is 0.317 e. The van der Waals surface area contributed by atoms with Crippen molar-refractivity contribution in [3.8, 4) is 0 Å². The number of hydrogen-bond donors (Lipinski definition) is 0. The first-order valence-electron chi connectivity index (χ1n) is 14.6. The predicted octanol–water partition coefficient (Wildman–Crippen LogP) is 2.64. The van der Waals surface area contributed by atoms with Gasteiger partial charge in [0.05, 0.1) is 13.2 Å². The van der Waals surface area contributed by atoms with E-state index in [9.17, 15) is 9.59 Å². The molecule has 0 aromatic heterocycles. The van der Waals surface area contributed by atoms with E-state index in [1.54, 1.807) is 27.7 Å². The fraction of sp³-hybridized carbons (Fsp3) is 0.929. The van der Waals surface area contributed by atoms with Crippen molar-refractivity contribution in [1.29, 1.82) is 0 Å². The highest BCUT2D eigenvalue weighted by Gasteiger charge is 2.61. The highest BCUT2D eigenvalue weighted by Crippen LogP contribution is 2.43. The van der Waals surface area contributed by atoms with Gasteiger partial charge in [-0.25, -0.2) is 0 Å². The second kappa shape index (κ2) is 12.8. The topological polar surface area (TPSA) is 145 Å². The summed E-state index contributed by atoms with van der Waals surface area (Å²) in [5, 5.41) is 0.205. The standard InChI is InChI=1S/2C14H21BrO7/c2*1-13(2)17-6-7(20-13)9-10(18-8(16)5-15)11-12(19-9)22-14(3,4)21-11/h2*7,9-12H,5-6H2,1-4H3/t2*7-,9-,10+,11-,12-/m11/s1. The number of esters is 2. The molecule has 16 heteroatoms. The number of hydrogen-bond acceptors (Lipinski definition) is 14. The third-order valence-corrected chi connectivity index (χ3v) is 8.52. The van der Waals surface area contributed by atoms with Crippen molar-refractivity contribution in [3.05, 3.63) is 0 Å². The number of carbonyl (C=O) groups is 2. The fourth-order valence-corrected chi connectivity index (χ4v) is 6.26. The number of carbonyl (C=O) groups excluding carboxylic acids is 2. The molecule has 6 saturated heterocycles. The van der Waals surface area contributed by atoms with Crippen molar-refractivity contribution in [2.75, 3.05) is 23.9 Å². The SMILES string of the molecule is CC1(C)O[C@H]2O[C@H]([C@H]3COC(C)(C)O3)[C@H](OC(=O)CBr)[C@H]2O1.CC1(C)O[C@H]2O[C@H]([C@H]3COC(C)(C)O3)[C@H](OC(=O)CBr)[C@H]2O1. The summed E-state index contributed by atoms with van der Waals surface area (Å²) >= 11 is 6.19. The van der Waals surface area contributed by atoms with E-state index >= 15 is 0 Å². The van der Waals surface area contributed by atoms with Gasteiger partial charge >= 0.3 is 11.9 Å². The zero-order chi connectivity index (χ0) is 32.2. The minimum atomic E-state index is -0.772. The fourth-order valence-electron chi connectivity index (χ4n) is 6.00. The Kier molecular flexibility index (Phi) is 10.2. The number of alkyl halides is 2. The molecular formula is C28H42Br2O14. The monoisotopic (exact) mass is 760 g/mol. The van der Waals surface area contributed by atoms with Gasteiger partial charge in [-0.15, -0.1) is 0 Å². The maximum atomic E-state index is 11.7. The molecule has 0 aliphatic carbocycles. The summed E-state index contributed by atoms with van der Waals surface area (Å²) in [6.45, 7) is 15.2. The normalized spacial score (nSPS) is 42.3. The maximum absolute atomic E-state index is 11.7. The van der Waals surface area contributed by atoms with Crippen LogP contribution in [0, 0.1) is 0 Å². The molecule has 0 unspecified atom stereocenters. The van der Waals surface area contributed by atoms with E-state index in [4.69, 9.17) is 56.8 Å². The number of fused-ring (bicyclic) bond motifs is 2. The van der Waals surface area contributed by atoms with Crippen LogP contribution in [-0.4, -0.2) is 120 Å². The minimum absolute atomic E-state index is 0.103. The van der Waals surface area contributed by atoms with Crippen molar-refractivity contribution in [2.45, 2.75) is 140 Å². The van der Waals surface area contributed by atoms with Crippen LogP contribution < -0.4 is 0 Å². The van der Waals surface area contributed by atoms with Crippen LogP contribution >= 0.6 is 31.9 Å². The lowest BCUT2D eigenvalue weighted by Gasteiger charge is -2.28. The summed E-state index contributed by atoms with van der Waals surface area (Å²) in [4.78, 5) is 23.4. The van der Waals surface area contributed by atoms with Crippen LogP contribution in [0.2, 0.25) is 0 Å². The minimum Gasteiger partial charge on any atom is -0.456 e. The van der Waals surface area contributed by atoms with Gasteiger partial charge in [-0.2, -0.15) is 0 Å². The van der Waals surface area contributed by atoms with Gasteiger partial charge in [0.1, 0.15) is 35.1 Å². The molecule has 0 aromatic rings. The molecule has 6 heterocycles. The Balaban J connectivity index is 0.000000175. The Morgan fingerprint density at radius 3 is 1.23 bits per heavy atom. The second-order valence-electron chi connectivity index (χ2n) is 13.0. The van der Waals surface area contributed by atoms with Crippen molar-refractivity contribution < 1.29 is 66.4 Å². The summed E-state index contributed by atoms with van der Waals surface area (Å²) in [7, 11) is 0. The molecule has 0 N–H and O–H groups in total. The third kappa shape index (κ3) is 7.79. The summed E-state index contributed by atoms with van der Waals surface area (Å²) in [5.74, 6) is -3.68. The molecule has 0 saturated carbocycles. The average molecular weight is 762 g/mol. The van der Waals surface area contributed by atoms with Crippen LogP contribution in [0.5, 0.6) is 0 Å². The van der Waals surface area contributed by atoms with E-state index < -0.39 is 72.4 Å². The molecule has 10 atom stereocenters. The quantitative estimate of drug-likeness (QED) is 0.289. The summed E-state index contributed by atoms with van der Waals surface area (Å²) < 4.78 is 68.8. The van der Waals surface area contributed by atoms with E-state index in [1.165, 1.54) is 0 Å². The van der Waals surface area contributed by atoms with Gasteiger partial charge in [0.25, 0.3) is 0 Å². The van der Waals surface area contributed by atoms with Crippen molar-refractivity contribution in [3.63, 3.8) is 0 Å². The Hall–Kier alpha value is -0.500. The van der Waals surface area contributed by atoms with Gasteiger partial charge in [-0.1, -0.05) is 31.9 Å². The van der Waals surface area contributed by atoms with E-state index in [1.807, 2.05) is 27.7 Å². The number of ether oxygens (including phenoxy) is 12. The molecule has 14 nitrogen and oxygen atoms in total. The molecule has 6 aliphatic rings. The van der Waals surface area contributed by atoms with Gasteiger partial charge in [0, 0.05) is 0 Å². The molecule has 0 radical (unpaired) electrons. The third-order valence-electron chi connectivity index (χ3n) is 7.60. The Bertz CT molecular complexity index is 987. The van der Waals surface area contributed by atoms with Crippen LogP contribution in [0.25, 0.3) is 0 Å². The molecule has 6 aliphatic heterocycles. The molecule has 0 bridgehead atoms. The van der Waals surface area contributed by atoms with Gasteiger partial charge in [0.15, 0.2) is 60.1 Å². The van der Waals surface area contributed by atoms with Gasteiger partial charge in [-0.05, 0) is 55.4 Å². The highest BCUT2D eigenvalue weighted by molar-refractivity contribution is 9.09. The van der Waals surface area contributed by atoms with Crippen LogP contribution in [0.4, 0.5) is 0 Å². The molecule has 44 heavy (non-hydrogen) atoms. The van der Waals surface area contributed by atoms with E-state index in [0.29, 0.717) is 13.2 Å². The first kappa shape index (κ1) is 34.8. The largest absolute Gasteiger partial charge is 0.456 e. The van der Waals surface area contributed by atoms with Crippen LogP contribution in [0.3, 0.4) is 0 Å². The predicted molar refractivity (Wildman–Crippen MR) is 155 cm³/mol. The summed E-state index contributed by atoms with van der Waals surface area (Å²) in [6.07, 6.45) is -4.98. The van der Waals surface area contributed by atoms with Gasteiger partial charge in [-0.3, -0.25) is 9.59 Å². The van der Waals surface area contributed by atoms with Gasteiger partial charge < -0.3 is 56.8 Å². The Morgan fingerprint density at radius 2 is 0.932 bits per heavy atom. The van der Waals surface area contributed by atoms with Crippen molar-refractivity contribution in [1.82, 2.24) is 0 Å². The summed E-state index contributed by atoms with van der Waals surface area (Å²) in [6, 6.07) is 0. The van der Waals surface area contributed by atoms with Gasteiger partial charge in [0.2, 0.25) is 0 Å². The molecule has 0 aromatic carbocycles. The van der Waals surface area contributed by atoms with E-state index in [0.717, 1.165) is 0 Å². The molecular weight excluding hydrogens is 720 g/mol. The van der Waals surface area contributed by atoms with Crippen LogP contribution in [0.1, 0.15) is 55.4 Å². The molecule has 6 rings (SSSR count). The van der Waals surface area contributed by atoms with Crippen molar-refractivity contribution in [2.24, 2.45) is 0 Å². The second-order valence-corrected chi connectivity index (χ2v) is 14.2. The molecule has 252 valence electrons. The molecule has 0 spiro atoms. The van der Waals surface area contributed by atoms with Crippen LogP contribution in [0.15, 0.2) is 0 Å². The Morgan fingerprint density at radius 1 is 0.568 bits per heavy atom. The van der Waals surface area contributed by atoms with Crippen molar-refractivity contribution >= 4 is 43.8 Å². The lowest BCUT2D eigenvalue weighted by Crippen LogP contribution is -2.45. The zero-order valence-electron chi connectivity index (χ0n) is 26.1. The molecule has 0 amide bonds. The lowest BCUT2D eigenvalue weighted by molar-refractivity contribution is -0.235. The number of halogens is 2. The lowest BCUT2D eigenvalue weighted by atomic mass is 10.1. The maximum Gasteiger partial charge on any atom is 0.317 e. The summed E-state index contributed by atoms with van der Waals surface area (Å²) in [5.41, 5.74) is 0. The Labute approximate surface area is 273 Å². The zero-order valence-corrected chi connectivity index (χ0v) is 29.2. The van der Waals surface area contributed by atoms with E-state index in [-0.39, 0.29) is 34.8 Å². The first-order chi connectivity index (χ1) is 20.4. The molecule has 6 fully saturated rings. The highest BCUT2D eigenvalue weighted by atomic mass is 79.9. The van der Waals surface area contributed by atoms with E-state index in [2.05, 4.69) is 31.9 Å². The van der Waals surface area contributed by atoms with Crippen LogP contribution in [-0.2, 0) is 66.4 Å².